The van der Waals surface area contributed by atoms with Gasteiger partial charge < -0.3 is 10.8 Å². The number of hydrogen-bond acceptors (Lipinski definition) is 3. The second-order valence-corrected chi connectivity index (χ2v) is 4.27. The Hall–Kier alpha value is -1.53. The second kappa shape index (κ2) is 7.81. The van der Waals surface area contributed by atoms with Gasteiger partial charge in [-0.15, -0.1) is 0 Å². The molecule has 0 aromatic heterocycles. The first-order valence-electron chi connectivity index (χ1n) is 6.05. The summed E-state index contributed by atoms with van der Waals surface area (Å²) in [5.74, 6) is -0.0638. The lowest BCUT2D eigenvalue weighted by molar-refractivity contribution is 0.0557. The van der Waals surface area contributed by atoms with Crippen LogP contribution in [-0.4, -0.2) is 42.0 Å². The van der Waals surface area contributed by atoms with E-state index in [9.17, 15) is 8.78 Å². The molecule has 0 saturated heterocycles. The van der Waals surface area contributed by atoms with Gasteiger partial charge in [-0.25, -0.2) is 8.78 Å². The lowest BCUT2D eigenvalue weighted by Gasteiger charge is -2.31. The largest absolute Gasteiger partial charge is 0.395 e. The Morgan fingerprint density at radius 1 is 1.32 bits per heavy atom. The zero-order valence-electron chi connectivity index (χ0n) is 10.6. The van der Waals surface area contributed by atoms with Gasteiger partial charge in [0.05, 0.1) is 19.0 Å². The Labute approximate surface area is 111 Å². The van der Waals surface area contributed by atoms with Crippen molar-refractivity contribution in [1.82, 2.24) is 4.90 Å². The third-order valence-corrected chi connectivity index (χ3v) is 2.80. The molecule has 4 N–H and O–H groups in total. The zero-order valence-corrected chi connectivity index (χ0v) is 10.6. The number of benzene rings is 1. The number of aliphatic hydroxyl groups is 1. The number of aliphatic hydroxyl groups excluding tert-OH is 1. The standard InChI is InChI=1S/C13H19F2N3O/c14-12(15)9-18(6-7-19)11(8-13(16)17)10-4-2-1-3-5-10/h1-5,11-12,19H,6-9H2,(H3,16,17). The molecule has 1 unspecified atom stereocenters. The molecule has 0 radical (unpaired) electrons. The summed E-state index contributed by atoms with van der Waals surface area (Å²) in [5.41, 5.74) is 6.21. The van der Waals surface area contributed by atoms with E-state index >= 15 is 0 Å². The number of amidine groups is 1. The summed E-state index contributed by atoms with van der Waals surface area (Å²) in [6, 6.07) is 8.65. The maximum absolute atomic E-state index is 12.6. The summed E-state index contributed by atoms with van der Waals surface area (Å²) >= 11 is 0. The van der Waals surface area contributed by atoms with Crippen LogP contribution in [0.15, 0.2) is 30.3 Å². The van der Waals surface area contributed by atoms with Crippen molar-refractivity contribution in [3.8, 4) is 0 Å². The average molecular weight is 271 g/mol. The van der Waals surface area contributed by atoms with Crippen molar-refractivity contribution in [1.29, 1.82) is 5.41 Å². The van der Waals surface area contributed by atoms with Gasteiger partial charge in [0.1, 0.15) is 0 Å². The summed E-state index contributed by atoms with van der Waals surface area (Å²) in [6.07, 6.45) is -2.33. The molecule has 0 aliphatic rings. The van der Waals surface area contributed by atoms with Gasteiger partial charge in [0, 0.05) is 19.0 Å². The van der Waals surface area contributed by atoms with Gasteiger partial charge in [0.25, 0.3) is 6.43 Å². The summed E-state index contributed by atoms with van der Waals surface area (Å²) in [7, 11) is 0. The minimum absolute atomic E-state index is 0.0638. The van der Waals surface area contributed by atoms with Gasteiger partial charge in [-0.2, -0.15) is 0 Å². The van der Waals surface area contributed by atoms with Crippen LogP contribution in [-0.2, 0) is 0 Å². The predicted molar refractivity (Wildman–Crippen MR) is 70.4 cm³/mol. The van der Waals surface area contributed by atoms with Gasteiger partial charge in [-0.05, 0) is 5.56 Å². The summed E-state index contributed by atoms with van der Waals surface area (Å²) in [4.78, 5) is 1.46. The van der Waals surface area contributed by atoms with E-state index in [-0.39, 0.29) is 25.4 Å². The molecule has 4 nitrogen and oxygen atoms in total. The van der Waals surface area contributed by atoms with E-state index in [0.717, 1.165) is 5.56 Å². The smallest absolute Gasteiger partial charge is 0.251 e. The Kier molecular flexibility index (Phi) is 6.38. The molecule has 19 heavy (non-hydrogen) atoms. The molecule has 1 aromatic rings. The topological polar surface area (TPSA) is 73.3 Å². The molecule has 6 heteroatoms. The van der Waals surface area contributed by atoms with E-state index in [0.29, 0.717) is 0 Å². The predicted octanol–water partition coefficient (Wildman–Crippen LogP) is 1.61. The molecular formula is C13H19F2N3O. The normalized spacial score (nSPS) is 12.9. The van der Waals surface area contributed by atoms with E-state index in [1.165, 1.54) is 4.90 Å². The average Bonchev–Trinajstić information content (AvgIpc) is 2.36. The first-order valence-corrected chi connectivity index (χ1v) is 6.05. The number of hydrogen-bond donors (Lipinski definition) is 3. The van der Waals surface area contributed by atoms with E-state index < -0.39 is 19.0 Å². The number of nitrogens with two attached hydrogens (primary N) is 1. The highest BCUT2D eigenvalue weighted by Crippen LogP contribution is 2.24. The van der Waals surface area contributed by atoms with Crippen LogP contribution in [0.2, 0.25) is 0 Å². The van der Waals surface area contributed by atoms with Crippen LogP contribution in [0.1, 0.15) is 18.0 Å². The van der Waals surface area contributed by atoms with Crippen molar-refractivity contribution >= 4 is 5.84 Å². The number of alkyl halides is 2. The molecular weight excluding hydrogens is 252 g/mol. The fraction of sp³-hybridized carbons (Fsp3) is 0.462. The Bertz CT molecular complexity index is 387. The molecule has 0 aliphatic carbocycles. The molecule has 1 rings (SSSR count). The van der Waals surface area contributed by atoms with Crippen molar-refractivity contribution < 1.29 is 13.9 Å². The number of nitrogens with one attached hydrogen (secondary N) is 1. The minimum atomic E-state index is -2.50. The lowest BCUT2D eigenvalue weighted by atomic mass is 10.0. The van der Waals surface area contributed by atoms with Crippen molar-refractivity contribution in [2.24, 2.45) is 5.73 Å². The fourth-order valence-corrected chi connectivity index (χ4v) is 2.02. The van der Waals surface area contributed by atoms with E-state index in [1.54, 1.807) is 0 Å². The van der Waals surface area contributed by atoms with Crippen LogP contribution >= 0.6 is 0 Å². The zero-order chi connectivity index (χ0) is 14.3. The lowest BCUT2D eigenvalue weighted by Crippen LogP contribution is -2.37. The fourth-order valence-electron chi connectivity index (χ4n) is 2.02. The Morgan fingerprint density at radius 2 is 1.95 bits per heavy atom. The molecule has 0 fully saturated rings. The van der Waals surface area contributed by atoms with Crippen molar-refractivity contribution in [2.45, 2.75) is 18.9 Å². The highest BCUT2D eigenvalue weighted by molar-refractivity contribution is 5.77. The van der Waals surface area contributed by atoms with Crippen molar-refractivity contribution in [3.05, 3.63) is 35.9 Å². The highest BCUT2D eigenvalue weighted by Gasteiger charge is 2.23. The molecule has 0 saturated carbocycles. The molecule has 0 heterocycles. The molecule has 1 atom stereocenters. The first kappa shape index (κ1) is 15.5. The highest BCUT2D eigenvalue weighted by atomic mass is 19.3. The van der Waals surface area contributed by atoms with Crippen LogP contribution in [0, 0.1) is 5.41 Å². The second-order valence-electron chi connectivity index (χ2n) is 4.27. The van der Waals surface area contributed by atoms with E-state index in [2.05, 4.69) is 0 Å². The SMILES string of the molecule is N=C(N)CC(c1ccccc1)N(CCO)CC(F)F. The monoisotopic (exact) mass is 271 g/mol. The molecule has 0 amide bonds. The van der Waals surface area contributed by atoms with Gasteiger partial charge >= 0.3 is 0 Å². The number of rotatable bonds is 8. The Morgan fingerprint density at radius 3 is 2.42 bits per heavy atom. The number of halogens is 2. The Balaban J connectivity index is 2.95. The first-order chi connectivity index (χ1) is 9.04. The van der Waals surface area contributed by atoms with E-state index in [1.807, 2.05) is 30.3 Å². The molecule has 0 aliphatic heterocycles. The van der Waals surface area contributed by atoms with Crippen molar-refractivity contribution in [2.75, 3.05) is 19.7 Å². The van der Waals surface area contributed by atoms with Gasteiger partial charge in [0.2, 0.25) is 0 Å². The molecule has 0 bridgehead atoms. The molecule has 106 valence electrons. The van der Waals surface area contributed by atoms with Crippen LogP contribution in [0.5, 0.6) is 0 Å². The quantitative estimate of drug-likeness (QED) is 0.497. The van der Waals surface area contributed by atoms with Crippen LogP contribution in [0.25, 0.3) is 0 Å². The summed E-state index contributed by atoms with van der Waals surface area (Å²) < 4.78 is 25.2. The van der Waals surface area contributed by atoms with Gasteiger partial charge in [-0.1, -0.05) is 30.3 Å². The van der Waals surface area contributed by atoms with Crippen LogP contribution in [0.4, 0.5) is 8.78 Å². The minimum Gasteiger partial charge on any atom is -0.395 e. The summed E-state index contributed by atoms with van der Waals surface area (Å²) in [6.45, 7) is -0.543. The third kappa shape index (κ3) is 5.32. The third-order valence-electron chi connectivity index (χ3n) is 2.80. The van der Waals surface area contributed by atoms with Gasteiger partial charge in [0.15, 0.2) is 0 Å². The maximum Gasteiger partial charge on any atom is 0.251 e. The maximum atomic E-state index is 12.6. The summed E-state index contributed by atoms with van der Waals surface area (Å²) in [5, 5.41) is 16.4. The molecule has 1 aromatic carbocycles. The van der Waals surface area contributed by atoms with Crippen molar-refractivity contribution in [3.63, 3.8) is 0 Å². The number of nitrogens with zero attached hydrogens (tertiary/aromatic N) is 1. The van der Waals surface area contributed by atoms with Gasteiger partial charge in [-0.3, -0.25) is 10.3 Å². The van der Waals surface area contributed by atoms with E-state index in [4.69, 9.17) is 16.2 Å². The van der Waals surface area contributed by atoms with Crippen LogP contribution in [0.3, 0.4) is 0 Å². The molecule has 0 spiro atoms. The van der Waals surface area contributed by atoms with Crippen LogP contribution < -0.4 is 5.73 Å².